The highest BCUT2D eigenvalue weighted by molar-refractivity contribution is 4.94. The lowest BCUT2D eigenvalue weighted by molar-refractivity contribution is -0.0409. The first kappa shape index (κ1) is 20.6. The Morgan fingerprint density at radius 2 is 1.90 bits per heavy atom. The molecule has 0 bridgehead atoms. The number of ether oxygens (including phenoxy) is 1. The molecular weight excluding hydrogens is 366 g/mol. The Balaban J connectivity index is 1.11. The van der Waals surface area contributed by atoms with E-state index >= 15 is 0 Å². The van der Waals surface area contributed by atoms with E-state index in [1.807, 2.05) is 0 Å². The number of nitrogens with one attached hydrogen (secondary N) is 3. The van der Waals surface area contributed by atoms with Crippen molar-refractivity contribution in [2.24, 2.45) is 11.8 Å². The smallest absolute Gasteiger partial charge is 0.146 e. The van der Waals surface area contributed by atoms with Crippen molar-refractivity contribution in [3.05, 3.63) is 0 Å². The Labute approximate surface area is 176 Å². The number of piperidine rings is 1. The molecule has 7 unspecified atom stereocenters. The average Bonchev–Trinajstić information content (AvgIpc) is 3.47. The summed E-state index contributed by atoms with van der Waals surface area (Å²) < 4.78 is 6.45. The van der Waals surface area contributed by atoms with Gasteiger partial charge in [0.25, 0.3) is 0 Å². The molecule has 4 saturated heterocycles. The van der Waals surface area contributed by atoms with Crippen LogP contribution < -0.4 is 16.1 Å². The SMILES string of the molecule is CN(C)C1CCC(C2NOC([C@H]3CCCN3CC3CC4CCCCC4O3)N2)CN1. The van der Waals surface area contributed by atoms with E-state index in [0.717, 1.165) is 19.0 Å². The number of likely N-dealkylation sites (tertiary alicyclic amines) is 1. The molecule has 5 aliphatic rings. The molecular formula is C22H41N5O2. The average molecular weight is 408 g/mol. The summed E-state index contributed by atoms with van der Waals surface area (Å²) in [6.45, 7) is 3.30. The molecule has 4 aliphatic heterocycles. The Bertz CT molecular complexity index is 527. The second-order valence-corrected chi connectivity index (χ2v) is 10.3. The monoisotopic (exact) mass is 407 g/mol. The predicted octanol–water partition coefficient (Wildman–Crippen LogP) is 1.46. The molecule has 1 saturated carbocycles. The number of rotatable bonds is 5. The lowest BCUT2D eigenvalue weighted by atomic mass is 9.85. The molecule has 166 valence electrons. The van der Waals surface area contributed by atoms with Crippen LogP contribution in [0.2, 0.25) is 0 Å². The predicted molar refractivity (Wildman–Crippen MR) is 113 cm³/mol. The first-order valence-corrected chi connectivity index (χ1v) is 12.1. The fraction of sp³-hybridized carbons (Fsp3) is 1.00. The summed E-state index contributed by atoms with van der Waals surface area (Å²) in [5.41, 5.74) is 3.33. The van der Waals surface area contributed by atoms with Crippen molar-refractivity contribution in [3.8, 4) is 0 Å². The van der Waals surface area contributed by atoms with E-state index in [1.54, 1.807) is 0 Å². The van der Waals surface area contributed by atoms with Crippen LogP contribution in [0.15, 0.2) is 0 Å². The molecule has 0 aromatic heterocycles. The van der Waals surface area contributed by atoms with Gasteiger partial charge in [-0.15, -0.1) is 0 Å². The topological polar surface area (TPSA) is 61.0 Å². The maximum Gasteiger partial charge on any atom is 0.146 e. The lowest BCUT2D eigenvalue weighted by Gasteiger charge is -2.36. The van der Waals surface area contributed by atoms with Crippen LogP contribution in [-0.2, 0) is 9.57 Å². The summed E-state index contributed by atoms with van der Waals surface area (Å²) in [7, 11) is 4.31. The molecule has 0 spiro atoms. The first-order chi connectivity index (χ1) is 14.2. The van der Waals surface area contributed by atoms with Gasteiger partial charge in [0.1, 0.15) is 6.23 Å². The summed E-state index contributed by atoms with van der Waals surface area (Å²) >= 11 is 0. The Hall–Kier alpha value is -0.280. The molecule has 8 atom stereocenters. The number of hydroxylamine groups is 1. The highest BCUT2D eigenvalue weighted by atomic mass is 16.7. The van der Waals surface area contributed by atoms with Crippen LogP contribution in [0.5, 0.6) is 0 Å². The van der Waals surface area contributed by atoms with Crippen LogP contribution in [0, 0.1) is 11.8 Å². The third-order valence-electron chi connectivity index (χ3n) is 8.16. The fourth-order valence-corrected chi connectivity index (χ4v) is 6.47. The van der Waals surface area contributed by atoms with Crippen molar-refractivity contribution < 1.29 is 9.57 Å². The van der Waals surface area contributed by atoms with E-state index < -0.39 is 0 Å². The van der Waals surface area contributed by atoms with E-state index in [1.165, 1.54) is 64.3 Å². The first-order valence-electron chi connectivity index (χ1n) is 12.1. The molecule has 3 N–H and O–H groups in total. The van der Waals surface area contributed by atoms with E-state index in [2.05, 4.69) is 40.0 Å². The summed E-state index contributed by atoms with van der Waals surface area (Å²) in [5, 5.41) is 7.46. The lowest BCUT2D eigenvalue weighted by Crippen LogP contribution is -2.54. The number of fused-ring (bicyclic) bond motifs is 1. The minimum Gasteiger partial charge on any atom is -0.373 e. The van der Waals surface area contributed by atoms with E-state index in [9.17, 15) is 0 Å². The van der Waals surface area contributed by atoms with Crippen LogP contribution in [0.25, 0.3) is 0 Å². The maximum atomic E-state index is 6.45. The van der Waals surface area contributed by atoms with Gasteiger partial charge in [-0.05, 0) is 71.5 Å². The zero-order chi connectivity index (χ0) is 19.8. The van der Waals surface area contributed by atoms with Gasteiger partial charge in [-0.2, -0.15) is 5.48 Å². The van der Waals surface area contributed by atoms with E-state index in [-0.39, 0.29) is 12.4 Å². The van der Waals surface area contributed by atoms with Crippen molar-refractivity contribution in [1.29, 1.82) is 0 Å². The molecule has 0 amide bonds. The third-order valence-corrected chi connectivity index (χ3v) is 8.16. The van der Waals surface area contributed by atoms with Gasteiger partial charge >= 0.3 is 0 Å². The van der Waals surface area contributed by atoms with Crippen molar-refractivity contribution in [1.82, 2.24) is 25.9 Å². The second kappa shape index (κ2) is 9.07. The summed E-state index contributed by atoms with van der Waals surface area (Å²) in [6.07, 6.45) is 13.4. The van der Waals surface area contributed by atoms with Crippen molar-refractivity contribution >= 4 is 0 Å². The standard InChI is InChI=1S/C22H41N5O2/c1-26(2)20-10-9-16(13-23-20)21-24-22(29-25-21)18-7-5-11-27(18)14-17-12-15-6-3-4-8-19(15)28-17/h15-25H,3-14H2,1-2H3/t15?,16?,17?,18-,19?,20?,21?,22?/m1/s1. The van der Waals surface area contributed by atoms with Crippen LogP contribution >= 0.6 is 0 Å². The van der Waals surface area contributed by atoms with Crippen molar-refractivity contribution in [2.75, 3.05) is 33.7 Å². The van der Waals surface area contributed by atoms with Gasteiger partial charge in [-0.1, -0.05) is 12.8 Å². The van der Waals surface area contributed by atoms with Crippen LogP contribution in [-0.4, -0.2) is 80.3 Å². The van der Waals surface area contributed by atoms with Crippen LogP contribution in [0.4, 0.5) is 0 Å². The molecule has 0 aromatic carbocycles. The quantitative estimate of drug-likeness (QED) is 0.638. The molecule has 29 heavy (non-hydrogen) atoms. The number of nitrogens with zero attached hydrogens (tertiary/aromatic N) is 2. The second-order valence-electron chi connectivity index (χ2n) is 10.3. The number of hydrogen-bond acceptors (Lipinski definition) is 7. The van der Waals surface area contributed by atoms with Gasteiger partial charge in [-0.3, -0.25) is 20.0 Å². The third kappa shape index (κ3) is 4.52. The van der Waals surface area contributed by atoms with E-state index in [0.29, 0.717) is 30.3 Å². The van der Waals surface area contributed by atoms with Gasteiger partial charge in [0, 0.05) is 19.0 Å². The van der Waals surface area contributed by atoms with Crippen LogP contribution in [0.1, 0.15) is 57.8 Å². The Kier molecular flexibility index (Phi) is 6.44. The largest absolute Gasteiger partial charge is 0.373 e. The van der Waals surface area contributed by atoms with Gasteiger partial charge < -0.3 is 10.1 Å². The summed E-state index contributed by atoms with van der Waals surface area (Å²) in [4.78, 5) is 11.0. The normalized spacial score (nSPS) is 46.4. The van der Waals surface area contributed by atoms with Crippen LogP contribution in [0.3, 0.4) is 0 Å². The molecule has 0 aromatic rings. The van der Waals surface area contributed by atoms with Gasteiger partial charge in [0.15, 0.2) is 0 Å². The molecule has 1 aliphatic carbocycles. The molecule has 0 radical (unpaired) electrons. The molecule has 7 nitrogen and oxygen atoms in total. The minimum atomic E-state index is 0.0951. The number of hydrogen-bond donors (Lipinski definition) is 3. The highest BCUT2D eigenvalue weighted by Gasteiger charge is 2.43. The summed E-state index contributed by atoms with van der Waals surface area (Å²) in [5.74, 6) is 1.40. The zero-order valence-electron chi connectivity index (χ0n) is 18.3. The highest BCUT2D eigenvalue weighted by Crippen LogP contribution is 2.38. The minimum absolute atomic E-state index is 0.0951. The Morgan fingerprint density at radius 3 is 2.69 bits per heavy atom. The van der Waals surface area contributed by atoms with Gasteiger partial charge in [0.05, 0.1) is 30.6 Å². The molecule has 7 heteroatoms. The zero-order valence-corrected chi connectivity index (χ0v) is 18.3. The van der Waals surface area contributed by atoms with Gasteiger partial charge in [-0.25, -0.2) is 0 Å². The van der Waals surface area contributed by atoms with Crippen molar-refractivity contribution in [2.45, 2.75) is 94.6 Å². The molecule has 4 heterocycles. The fourth-order valence-electron chi connectivity index (χ4n) is 6.47. The molecule has 5 rings (SSSR count). The molecule has 5 fully saturated rings. The van der Waals surface area contributed by atoms with Gasteiger partial charge in [0.2, 0.25) is 0 Å². The van der Waals surface area contributed by atoms with Crippen molar-refractivity contribution in [3.63, 3.8) is 0 Å². The van der Waals surface area contributed by atoms with E-state index in [4.69, 9.17) is 9.57 Å². The maximum absolute atomic E-state index is 6.45. The summed E-state index contributed by atoms with van der Waals surface area (Å²) in [6, 6.07) is 0.463. The Morgan fingerprint density at radius 1 is 1.00 bits per heavy atom.